The average molecular weight is 1590 g/mol. The Morgan fingerprint density at radius 3 is 0.988 bits per heavy atom. The van der Waals surface area contributed by atoms with E-state index in [9.17, 15) is 48.5 Å². The number of esters is 3. The van der Waals surface area contributed by atoms with Gasteiger partial charge < -0.3 is 55.7 Å². The molecule has 1 radical (unpaired) electrons. The van der Waals surface area contributed by atoms with E-state index in [1.807, 2.05) is 0 Å². The second-order valence-corrected chi connectivity index (χ2v) is 16.8. The van der Waals surface area contributed by atoms with Gasteiger partial charge in [0, 0.05) is 114 Å². The number of terminal acetylenes is 1. The number of carboxylic acid groups (broad SMARTS) is 1. The van der Waals surface area contributed by atoms with E-state index in [0.717, 1.165) is 35.3 Å². The van der Waals surface area contributed by atoms with Gasteiger partial charge in [0.1, 0.15) is 24.4 Å². The first-order valence-corrected chi connectivity index (χ1v) is 29.4. The third-order valence-corrected chi connectivity index (χ3v) is 9.36. The van der Waals surface area contributed by atoms with Crippen LogP contribution >= 0.6 is 60.8 Å². The number of halogens is 4. The van der Waals surface area contributed by atoms with Crippen LogP contribution in [0.25, 0.3) is 0 Å². The van der Waals surface area contributed by atoms with Crippen LogP contribution in [-0.2, 0) is 84.5 Å². The summed E-state index contributed by atoms with van der Waals surface area (Å²) in [5, 5.41) is 52.3. The zero-order valence-electron chi connectivity index (χ0n) is 44.7. The molecule has 31 heteroatoms. The monoisotopic (exact) mass is 1580 g/mol. The number of amides is 4. The molecule has 81 heavy (non-hydrogen) atoms. The quantitative estimate of drug-likeness (QED) is 0.00469. The van der Waals surface area contributed by atoms with E-state index in [0.29, 0.717) is 52.8 Å². The van der Waals surface area contributed by atoms with Gasteiger partial charge >= 0.3 is 55.8 Å². The van der Waals surface area contributed by atoms with E-state index < -0.39 is 22.1 Å². The number of carbonyl (C=O) groups is 8. The fourth-order valence-electron chi connectivity index (χ4n) is 4.72. The molecule has 0 heterocycles. The summed E-state index contributed by atoms with van der Waals surface area (Å²) in [6.07, 6.45) is 9.24. The number of carboxylic acids is 1. The zero-order chi connectivity index (χ0) is 62.6. The minimum absolute atomic E-state index is 0. The van der Waals surface area contributed by atoms with Crippen LogP contribution in [0.5, 0.6) is 23.0 Å². The molecule has 0 saturated heterocycles. The van der Waals surface area contributed by atoms with Gasteiger partial charge in [-0.3, -0.25) is 38.4 Å². The van der Waals surface area contributed by atoms with Crippen molar-refractivity contribution in [3.63, 3.8) is 0 Å². The number of aliphatic carboxylic acids is 1. The number of anilines is 4. The molecule has 7 N–H and O–H groups in total. The van der Waals surface area contributed by atoms with Gasteiger partial charge in [-0.05, 0) is 123 Å². The first-order chi connectivity index (χ1) is 38.3. The van der Waals surface area contributed by atoms with E-state index in [4.69, 9.17) is 41.1 Å². The van der Waals surface area contributed by atoms with Gasteiger partial charge in [0.2, 0.25) is 23.6 Å². The summed E-state index contributed by atoms with van der Waals surface area (Å²) in [4.78, 5) is 109. The van der Waals surface area contributed by atoms with Crippen molar-refractivity contribution in [2.24, 2.45) is 0 Å². The molecular formula is C50H61Ag2Br4N6O19. The predicted octanol–water partition coefficient (Wildman–Crippen LogP) is 10.3. The van der Waals surface area contributed by atoms with Gasteiger partial charge in [-0.1, -0.05) is 47.8 Å². The number of ether oxygens (including phenoxy) is 3. The molecule has 4 aromatic carbocycles. The Labute approximate surface area is 528 Å². The van der Waals surface area contributed by atoms with Gasteiger partial charge in [-0.25, -0.2) is 0 Å². The molecular weight excluding hydrogens is 1520 g/mol. The average Bonchev–Trinajstić information content (AvgIpc) is 3.39. The van der Waals surface area contributed by atoms with E-state index in [1.165, 1.54) is 58.4 Å². The molecule has 0 spiro atoms. The van der Waals surface area contributed by atoms with Crippen LogP contribution in [0, 0.1) is 33.1 Å². The third-order valence-electron chi connectivity index (χ3n) is 7.68. The fourth-order valence-corrected chi connectivity index (χ4v) is 5.56. The number of nitrogens with one attached hydrogen (secondary N) is 4. The summed E-state index contributed by atoms with van der Waals surface area (Å²) < 4.78 is 20.9. The molecule has 0 bridgehead atoms. The first-order valence-electron chi connectivity index (χ1n) is 23.1. The number of carbonyl (C=O) groups excluding carboxylic acids is 7. The summed E-state index contributed by atoms with van der Waals surface area (Å²) in [5.74, 6) is -0.816. The maximum atomic E-state index is 11.4. The van der Waals surface area contributed by atoms with Crippen LogP contribution in [0.2, 0.25) is 0 Å². The predicted molar refractivity (Wildman–Crippen MR) is 308 cm³/mol. The molecule has 4 amide bonds. The second kappa shape index (κ2) is 55.7. The molecule has 4 rings (SSSR count). The van der Waals surface area contributed by atoms with Crippen LogP contribution in [0.15, 0.2) is 97.1 Å². The summed E-state index contributed by atoms with van der Waals surface area (Å²) >= 11 is 15.1. The Morgan fingerprint density at radius 2 is 0.778 bits per heavy atom. The van der Waals surface area contributed by atoms with E-state index >= 15 is 0 Å². The Hall–Kier alpha value is -6.20. The molecule has 4 aromatic rings. The molecule has 0 atom stereocenters. The Bertz CT molecular complexity index is 2440. The van der Waals surface area contributed by atoms with Gasteiger partial charge in [0.15, 0.2) is 0 Å². The summed E-state index contributed by atoms with van der Waals surface area (Å²) in [6, 6.07) is 25.9. The molecule has 25 nitrogen and oxygen atoms in total. The number of hydrogen-bond acceptors (Lipinski definition) is 17. The van der Waals surface area contributed by atoms with Crippen molar-refractivity contribution in [3.05, 3.63) is 117 Å². The number of hydrogen-bond donors (Lipinski definition) is 7. The number of benzene rings is 4. The van der Waals surface area contributed by atoms with Crippen molar-refractivity contribution in [1.82, 2.24) is 0 Å². The number of alkyl halides is 3. The molecule has 0 saturated carbocycles. The van der Waals surface area contributed by atoms with Crippen molar-refractivity contribution >= 4 is 131 Å². The van der Waals surface area contributed by atoms with Crippen LogP contribution in [0.1, 0.15) is 80.4 Å². The summed E-state index contributed by atoms with van der Waals surface area (Å²) in [6.45, 7) is 5.56. The summed E-state index contributed by atoms with van der Waals surface area (Å²) in [5.41, 5.74) is 2.64. The molecule has 0 aliphatic carbocycles. The van der Waals surface area contributed by atoms with Crippen LogP contribution in [-0.4, -0.2) is 95.7 Å². The SMILES string of the molecule is CC(=O)Nc1ccc(O)cc1.CC(=O)Nc1ccc(OC(=O)CCCBr)cc1.CC(=O)Nc1ccc(OC(=O)CCCBr)cc1.CC(=O)Nc1ccc(OC(=O)CCCO[N+](=O)[O-])cc1.O=C(O)CCCBr.O=[N+]([O-])O.[2H]C#C.[Ag].[Br][Ag]. The van der Waals surface area contributed by atoms with Gasteiger partial charge in [0.25, 0.3) is 10.2 Å². The zero-order valence-corrected chi connectivity index (χ0v) is 53.0. The van der Waals surface area contributed by atoms with Crippen molar-refractivity contribution in [1.29, 1.82) is 0 Å². The normalized spacial score (nSPS) is 8.98. The van der Waals surface area contributed by atoms with Crippen LogP contribution < -0.4 is 35.5 Å². The number of rotatable bonds is 21. The number of phenolic OH excluding ortho intramolecular Hbond substituents is 1. The van der Waals surface area contributed by atoms with E-state index in [-0.39, 0.29) is 89.6 Å². The van der Waals surface area contributed by atoms with Crippen molar-refractivity contribution in [2.45, 2.75) is 79.1 Å². The topological polar surface area (TPSA) is 369 Å². The number of phenols is 1. The Morgan fingerprint density at radius 1 is 0.543 bits per heavy atom. The minimum atomic E-state index is -1.50. The Balaban J connectivity index is -0.000000297. The van der Waals surface area contributed by atoms with Gasteiger partial charge in [-0.15, -0.1) is 33.1 Å². The third kappa shape index (κ3) is 58.3. The molecule has 455 valence electrons. The molecule has 0 unspecified atom stereocenters. The molecule has 0 aliphatic rings. The van der Waals surface area contributed by atoms with Crippen LogP contribution in [0.3, 0.4) is 0 Å². The standard InChI is InChI=1S/2C12H14BrNO3.C12H14N2O6.C8H9NO2.C4H7BrO2.C2H2.2Ag.BrH.HNO3/c2*1-9(15)14-10-4-6-11(7-5-10)17-12(16)3-2-8-13;1-9(15)13-10-4-6-11(7-5-10)20-12(16)3-2-8-19-14(17)18;1-6(10)9-7-2-4-8(11)5-3-7;5-3-1-2-4(6)7;1-2;;;;2-1(3)4/h2*4-7H,2-3,8H2,1H3,(H,14,15);4-7H,2-3,8H2,1H3,(H,13,15);2-5,11H,1H3,(H,9,10);1-3H2,(H,6,7);1-2H;;;1H;(H,2,3,4)/q;;;;;;;+1;;/p-1/i;;;;;1D;;;;. The van der Waals surface area contributed by atoms with Gasteiger partial charge in [-0.2, -0.15) is 0 Å². The number of aromatic hydroxyl groups is 1. The van der Waals surface area contributed by atoms with Crippen molar-refractivity contribution < 1.29 is 126 Å². The number of nitrogens with zero attached hydrogens (tertiary/aromatic N) is 2. The Kier molecular flexibility index (Phi) is 55.9. The fraction of sp³-hybridized carbons (Fsp3) is 0.320. The van der Waals surface area contributed by atoms with Crippen molar-refractivity contribution in [3.8, 4) is 35.8 Å². The second-order valence-electron chi connectivity index (χ2n) is 14.4. The van der Waals surface area contributed by atoms with E-state index in [1.54, 1.807) is 72.8 Å². The van der Waals surface area contributed by atoms with Gasteiger partial charge in [0.05, 0.1) is 6.61 Å². The van der Waals surface area contributed by atoms with E-state index in [2.05, 4.69) is 112 Å². The van der Waals surface area contributed by atoms with Crippen molar-refractivity contribution in [2.75, 3.05) is 43.9 Å². The maximum absolute atomic E-state index is 11.4. The van der Waals surface area contributed by atoms with Crippen LogP contribution in [0.4, 0.5) is 22.7 Å². The molecule has 0 aromatic heterocycles. The first kappa shape index (κ1) is 81.3. The molecule has 0 aliphatic heterocycles. The molecule has 0 fully saturated rings. The summed E-state index contributed by atoms with van der Waals surface area (Å²) in [7, 11) is 0.